The Bertz CT molecular complexity index is 195. The van der Waals surface area contributed by atoms with Crippen molar-refractivity contribution >= 4 is 11.6 Å². The molecule has 1 saturated heterocycles. The van der Waals surface area contributed by atoms with Crippen LogP contribution in [0.15, 0.2) is 11.6 Å². The largest absolute Gasteiger partial charge is 0.348 e. The van der Waals surface area contributed by atoms with E-state index in [1.165, 1.54) is 5.57 Å². The highest BCUT2D eigenvalue weighted by Gasteiger charge is 2.38. The molecule has 74 valence electrons. The van der Waals surface area contributed by atoms with E-state index in [2.05, 4.69) is 6.08 Å². The second-order valence-electron chi connectivity index (χ2n) is 3.62. The van der Waals surface area contributed by atoms with Crippen molar-refractivity contribution in [2.24, 2.45) is 0 Å². The van der Waals surface area contributed by atoms with Crippen molar-refractivity contribution in [3.05, 3.63) is 11.6 Å². The molecule has 2 aliphatic rings. The van der Waals surface area contributed by atoms with Gasteiger partial charge in [-0.05, 0) is 12.8 Å². The van der Waals surface area contributed by atoms with Crippen LogP contribution in [0.25, 0.3) is 0 Å². The van der Waals surface area contributed by atoms with Crippen LogP contribution in [-0.4, -0.2) is 24.9 Å². The van der Waals surface area contributed by atoms with Gasteiger partial charge in [0, 0.05) is 18.7 Å². The SMILES string of the molecule is ClCC=C1CCC2(CC1)OCCO2. The highest BCUT2D eigenvalue weighted by atomic mass is 35.5. The van der Waals surface area contributed by atoms with Gasteiger partial charge in [-0.2, -0.15) is 0 Å². The lowest BCUT2D eigenvalue weighted by molar-refractivity contribution is -0.171. The fourth-order valence-corrected chi connectivity index (χ4v) is 2.27. The molecule has 2 nitrogen and oxygen atoms in total. The lowest BCUT2D eigenvalue weighted by atomic mass is 9.90. The Morgan fingerprint density at radius 1 is 1.23 bits per heavy atom. The van der Waals surface area contributed by atoms with E-state index in [0.717, 1.165) is 38.9 Å². The van der Waals surface area contributed by atoms with E-state index in [-0.39, 0.29) is 5.79 Å². The van der Waals surface area contributed by atoms with Crippen molar-refractivity contribution in [1.82, 2.24) is 0 Å². The highest BCUT2D eigenvalue weighted by molar-refractivity contribution is 6.18. The van der Waals surface area contributed by atoms with E-state index in [4.69, 9.17) is 21.1 Å². The average Bonchev–Trinajstić information content (AvgIpc) is 2.59. The average molecular weight is 203 g/mol. The number of alkyl halides is 1. The van der Waals surface area contributed by atoms with Crippen molar-refractivity contribution < 1.29 is 9.47 Å². The number of rotatable bonds is 1. The molecular weight excluding hydrogens is 188 g/mol. The zero-order valence-corrected chi connectivity index (χ0v) is 8.48. The molecule has 0 aromatic rings. The van der Waals surface area contributed by atoms with Crippen LogP contribution in [0.5, 0.6) is 0 Å². The van der Waals surface area contributed by atoms with Gasteiger partial charge in [-0.1, -0.05) is 11.6 Å². The maximum absolute atomic E-state index is 5.65. The summed E-state index contributed by atoms with van der Waals surface area (Å²) in [6.45, 7) is 1.52. The Morgan fingerprint density at radius 3 is 2.38 bits per heavy atom. The Labute approximate surface area is 83.9 Å². The standard InChI is InChI=1S/C10H15ClO2/c11-6-3-9-1-4-10(5-2-9)12-7-8-13-10/h3H,1-2,4-8H2. The van der Waals surface area contributed by atoms with Crippen LogP contribution in [-0.2, 0) is 9.47 Å². The van der Waals surface area contributed by atoms with Crippen LogP contribution >= 0.6 is 11.6 Å². The first kappa shape index (κ1) is 9.50. The fourth-order valence-electron chi connectivity index (χ4n) is 2.05. The number of allylic oxidation sites excluding steroid dienone is 2. The van der Waals surface area contributed by atoms with Gasteiger partial charge in [0.2, 0.25) is 0 Å². The third-order valence-electron chi connectivity index (χ3n) is 2.83. The predicted octanol–water partition coefficient (Wildman–Crippen LogP) is 2.47. The van der Waals surface area contributed by atoms with Crippen LogP contribution < -0.4 is 0 Å². The number of hydrogen-bond acceptors (Lipinski definition) is 2. The first-order valence-electron chi connectivity index (χ1n) is 4.86. The van der Waals surface area contributed by atoms with Crippen molar-refractivity contribution in [3.63, 3.8) is 0 Å². The monoisotopic (exact) mass is 202 g/mol. The smallest absolute Gasteiger partial charge is 0.169 e. The Kier molecular flexibility index (Phi) is 2.92. The summed E-state index contributed by atoms with van der Waals surface area (Å²) in [6.07, 6.45) is 6.26. The summed E-state index contributed by atoms with van der Waals surface area (Å²) >= 11 is 5.65. The van der Waals surface area contributed by atoms with E-state index < -0.39 is 0 Å². The van der Waals surface area contributed by atoms with Gasteiger partial charge in [-0.25, -0.2) is 0 Å². The summed E-state index contributed by atoms with van der Waals surface area (Å²) in [5.74, 6) is 0.397. The molecule has 2 fully saturated rings. The van der Waals surface area contributed by atoms with E-state index in [0.29, 0.717) is 5.88 Å². The molecule has 0 aromatic heterocycles. The molecule has 1 heterocycles. The van der Waals surface area contributed by atoms with Crippen LogP contribution in [0.3, 0.4) is 0 Å². The molecule has 0 aromatic carbocycles. The highest BCUT2D eigenvalue weighted by Crippen LogP contribution is 2.37. The molecule has 0 N–H and O–H groups in total. The summed E-state index contributed by atoms with van der Waals surface area (Å²) in [4.78, 5) is 0. The summed E-state index contributed by atoms with van der Waals surface area (Å²) in [7, 11) is 0. The van der Waals surface area contributed by atoms with Gasteiger partial charge < -0.3 is 9.47 Å². The van der Waals surface area contributed by atoms with Crippen molar-refractivity contribution in [2.45, 2.75) is 31.5 Å². The lowest BCUT2D eigenvalue weighted by Gasteiger charge is -2.32. The fraction of sp³-hybridized carbons (Fsp3) is 0.800. The van der Waals surface area contributed by atoms with Gasteiger partial charge in [0.25, 0.3) is 0 Å². The van der Waals surface area contributed by atoms with Crippen LogP contribution in [0.4, 0.5) is 0 Å². The number of halogens is 1. The molecule has 0 atom stereocenters. The molecule has 0 amide bonds. The van der Waals surface area contributed by atoms with E-state index in [9.17, 15) is 0 Å². The zero-order valence-electron chi connectivity index (χ0n) is 7.72. The summed E-state index contributed by atoms with van der Waals surface area (Å²) in [6, 6.07) is 0. The molecule has 1 aliphatic carbocycles. The second-order valence-corrected chi connectivity index (χ2v) is 3.93. The van der Waals surface area contributed by atoms with Crippen molar-refractivity contribution in [2.75, 3.05) is 19.1 Å². The summed E-state index contributed by atoms with van der Waals surface area (Å²) < 4.78 is 11.3. The van der Waals surface area contributed by atoms with Gasteiger partial charge in [-0.3, -0.25) is 0 Å². The molecular formula is C10H15ClO2. The van der Waals surface area contributed by atoms with Gasteiger partial charge in [0.1, 0.15) is 0 Å². The molecule has 13 heavy (non-hydrogen) atoms. The maximum atomic E-state index is 5.65. The second kappa shape index (κ2) is 3.99. The first-order valence-corrected chi connectivity index (χ1v) is 5.40. The molecule has 2 rings (SSSR count). The van der Waals surface area contributed by atoms with Crippen molar-refractivity contribution in [1.29, 1.82) is 0 Å². The maximum Gasteiger partial charge on any atom is 0.169 e. The molecule has 0 bridgehead atoms. The molecule has 0 unspecified atom stereocenters. The lowest BCUT2D eigenvalue weighted by Crippen LogP contribution is -2.33. The molecule has 1 spiro atoms. The third kappa shape index (κ3) is 2.06. The first-order chi connectivity index (χ1) is 6.35. The van der Waals surface area contributed by atoms with Crippen LogP contribution in [0, 0.1) is 0 Å². The molecule has 1 aliphatic heterocycles. The van der Waals surface area contributed by atoms with E-state index in [1.807, 2.05) is 0 Å². The van der Waals surface area contributed by atoms with Gasteiger partial charge in [0.05, 0.1) is 13.2 Å². The topological polar surface area (TPSA) is 18.5 Å². The minimum absolute atomic E-state index is 0.232. The summed E-state index contributed by atoms with van der Waals surface area (Å²) in [5, 5.41) is 0. The number of ether oxygens (including phenoxy) is 2. The van der Waals surface area contributed by atoms with Gasteiger partial charge in [-0.15, -0.1) is 11.6 Å². The predicted molar refractivity (Wildman–Crippen MR) is 51.9 cm³/mol. The van der Waals surface area contributed by atoms with E-state index in [1.54, 1.807) is 0 Å². The quantitative estimate of drug-likeness (QED) is 0.481. The minimum atomic E-state index is -0.232. The summed E-state index contributed by atoms with van der Waals surface area (Å²) in [5.41, 5.74) is 1.46. The van der Waals surface area contributed by atoms with Crippen LogP contribution in [0.1, 0.15) is 25.7 Å². The van der Waals surface area contributed by atoms with Crippen molar-refractivity contribution in [3.8, 4) is 0 Å². The molecule has 3 heteroatoms. The number of hydrogen-bond donors (Lipinski definition) is 0. The Morgan fingerprint density at radius 2 is 1.85 bits per heavy atom. The third-order valence-corrected chi connectivity index (χ3v) is 2.99. The Balaban J connectivity index is 1.91. The van der Waals surface area contributed by atoms with Gasteiger partial charge >= 0.3 is 0 Å². The normalized spacial score (nSPS) is 26.7. The minimum Gasteiger partial charge on any atom is -0.348 e. The Hall–Kier alpha value is -0.0500. The molecule has 1 saturated carbocycles. The van der Waals surface area contributed by atoms with Gasteiger partial charge in [0.15, 0.2) is 5.79 Å². The van der Waals surface area contributed by atoms with Crippen LogP contribution in [0.2, 0.25) is 0 Å². The van der Waals surface area contributed by atoms with E-state index >= 15 is 0 Å². The zero-order chi connectivity index (χ0) is 9.15. The molecule has 0 radical (unpaired) electrons.